The monoisotopic (exact) mass is 343 g/mol. The second-order valence-electron chi connectivity index (χ2n) is 4.97. The van der Waals surface area contributed by atoms with Crippen molar-refractivity contribution in [3.05, 3.63) is 60.6 Å². The van der Waals surface area contributed by atoms with Crippen LogP contribution in [-0.2, 0) is 10.0 Å². The van der Waals surface area contributed by atoms with Gasteiger partial charge in [-0.2, -0.15) is 5.10 Å². The van der Waals surface area contributed by atoms with Crippen molar-refractivity contribution in [2.24, 2.45) is 10.9 Å². The molecule has 122 valence electrons. The fourth-order valence-corrected chi connectivity index (χ4v) is 2.72. The number of primary sulfonamides is 1. The van der Waals surface area contributed by atoms with E-state index in [0.717, 1.165) is 5.56 Å². The highest BCUT2D eigenvalue weighted by Crippen LogP contribution is 2.24. The fraction of sp³-hybridized carbons (Fsp3) is 0. The third kappa shape index (κ3) is 3.03. The van der Waals surface area contributed by atoms with E-state index in [1.54, 1.807) is 42.7 Å². The number of nitrogens with two attached hydrogens (primary N) is 2. The molecule has 0 bridgehead atoms. The van der Waals surface area contributed by atoms with E-state index in [9.17, 15) is 13.2 Å². The van der Waals surface area contributed by atoms with E-state index in [-0.39, 0.29) is 10.6 Å². The normalized spacial score (nSPS) is 11.4. The van der Waals surface area contributed by atoms with Gasteiger partial charge in [0.25, 0.3) is 5.91 Å². The summed E-state index contributed by atoms with van der Waals surface area (Å²) in [5.74, 6) is -0.662. The van der Waals surface area contributed by atoms with Crippen molar-refractivity contribution in [1.29, 1.82) is 0 Å². The molecule has 8 nitrogen and oxygen atoms in total. The molecule has 3 rings (SSSR count). The minimum absolute atomic E-state index is 0.0148. The van der Waals surface area contributed by atoms with Crippen LogP contribution < -0.4 is 10.9 Å². The topological polar surface area (TPSA) is 134 Å². The number of rotatable bonds is 4. The summed E-state index contributed by atoms with van der Waals surface area (Å²) in [6, 6.07) is 10.9. The lowest BCUT2D eigenvalue weighted by atomic mass is 10.2. The van der Waals surface area contributed by atoms with Gasteiger partial charge in [0.15, 0.2) is 5.69 Å². The first-order chi connectivity index (χ1) is 11.4. The predicted molar refractivity (Wildman–Crippen MR) is 86.7 cm³/mol. The van der Waals surface area contributed by atoms with Gasteiger partial charge in [0.05, 0.1) is 16.3 Å². The van der Waals surface area contributed by atoms with Gasteiger partial charge in [0.1, 0.15) is 0 Å². The number of amides is 1. The first kappa shape index (κ1) is 15.8. The average Bonchev–Trinajstić information content (AvgIpc) is 3.00. The second kappa shape index (κ2) is 5.87. The zero-order valence-corrected chi connectivity index (χ0v) is 13.1. The molecule has 0 saturated heterocycles. The number of hydrogen-bond donors (Lipinski definition) is 2. The first-order valence-corrected chi connectivity index (χ1v) is 8.34. The van der Waals surface area contributed by atoms with Crippen LogP contribution in [0.15, 0.2) is 59.8 Å². The SMILES string of the molecule is NC(=O)c1cc(-c2ccncc2)n(-c2ccc(S(N)(=O)=O)cc2)n1. The summed E-state index contributed by atoms with van der Waals surface area (Å²) in [6.07, 6.45) is 3.22. The quantitative estimate of drug-likeness (QED) is 0.718. The Kier molecular flexibility index (Phi) is 3.87. The third-order valence-electron chi connectivity index (χ3n) is 3.35. The molecule has 1 amide bonds. The summed E-state index contributed by atoms with van der Waals surface area (Å²) in [6.45, 7) is 0. The molecule has 0 aliphatic carbocycles. The number of sulfonamides is 1. The molecule has 0 fully saturated rings. The van der Waals surface area contributed by atoms with Crippen molar-refractivity contribution < 1.29 is 13.2 Å². The van der Waals surface area contributed by atoms with E-state index in [0.29, 0.717) is 11.4 Å². The predicted octanol–water partition coefficient (Wildman–Crippen LogP) is 0.681. The number of benzene rings is 1. The van der Waals surface area contributed by atoms with Crippen LogP contribution in [0.25, 0.3) is 16.9 Å². The molecule has 4 N–H and O–H groups in total. The number of nitrogens with zero attached hydrogens (tertiary/aromatic N) is 3. The Hall–Kier alpha value is -3.04. The van der Waals surface area contributed by atoms with Crippen LogP contribution in [0, 0.1) is 0 Å². The Morgan fingerprint density at radius 3 is 2.21 bits per heavy atom. The molecule has 0 saturated carbocycles. The van der Waals surface area contributed by atoms with Gasteiger partial charge in [-0.1, -0.05) is 0 Å². The summed E-state index contributed by atoms with van der Waals surface area (Å²) in [4.78, 5) is 15.4. The Morgan fingerprint density at radius 1 is 1.04 bits per heavy atom. The summed E-state index contributed by atoms with van der Waals surface area (Å²) in [5, 5.41) is 9.28. The van der Waals surface area contributed by atoms with E-state index in [2.05, 4.69) is 10.1 Å². The van der Waals surface area contributed by atoms with Gasteiger partial charge >= 0.3 is 0 Å². The molecule has 0 aliphatic rings. The zero-order valence-electron chi connectivity index (χ0n) is 12.3. The third-order valence-corrected chi connectivity index (χ3v) is 4.28. The van der Waals surface area contributed by atoms with Gasteiger partial charge in [-0.05, 0) is 42.5 Å². The van der Waals surface area contributed by atoms with Gasteiger partial charge in [-0.15, -0.1) is 0 Å². The van der Waals surface area contributed by atoms with Crippen molar-refractivity contribution in [2.45, 2.75) is 4.90 Å². The minimum atomic E-state index is -3.78. The van der Waals surface area contributed by atoms with Crippen molar-refractivity contribution in [2.75, 3.05) is 0 Å². The highest BCUT2D eigenvalue weighted by atomic mass is 32.2. The lowest BCUT2D eigenvalue weighted by molar-refractivity contribution is 0.0995. The van der Waals surface area contributed by atoms with Gasteiger partial charge in [-0.25, -0.2) is 18.2 Å². The van der Waals surface area contributed by atoms with Crippen LogP contribution in [0.5, 0.6) is 0 Å². The van der Waals surface area contributed by atoms with Crippen molar-refractivity contribution >= 4 is 15.9 Å². The molecule has 0 radical (unpaired) electrons. The Bertz CT molecular complexity index is 995. The number of primary amides is 1. The Labute approximate surface area is 137 Å². The molecule has 1 aromatic carbocycles. The van der Waals surface area contributed by atoms with Gasteiger partial charge < -0.3 is 5.73 Å². The van der Waals surface area contributed by atoms with Crippen LogP contribution in [0.1, 0.15) is 10.5 Å². The smallest absolute Gasteiger partial charge is 0.269 e. The molecule has 2 aromatic heterocycles. The minimum Gasteiger partial charge on any atom is -0.364 e. The molecule has 0 spiro atoms. The van der Waals surface area contributed by atoms with E-state index >= 15 is 0 Å². The van der Waals surface area contributed by atoms with Crippen LogP contribution in [0.4, 0.5) is 0 Å². The van der Waals surface area contributed by atoms with Gasteiger partial charge in [0.2, 0.25) is 10.0 Å². The number of carbonyl (C=O) groups excluding carboxylic acids is 1. The van der Waals surface area contributed by atoms with E-state index in [1.807, 2.05) is 0 Å². The summed E-state index contributed by atoms with van der Waals surface area (Å²) in [5.41, 5.74) is 7.36. The van der Waals surface area contributed by atoms with E-state index in [4.69, 9.17) is 10.9 Å². The summed E-state index contributed by atoms with van der Waals surface area (Å²) < 4.78 is 24.2. The molecule has 2 heterocycles. The first-order valence-electron chi connectivity index (χ1n) is 6.80. The van der Waals surface area contributed by atoms with Crippen molar-refractivity contribution in [3.63, 3.8) is 0 Å². The van der Waals surface area contributed by atoms with Gasteiger partial charge in [0, 0.05) is 18.0 Å². The second-order valence-corrected chi connectivity index (χ2v) is 6.53. The highest BCUT2D eigenvalue weighted by molar-refractivity contribution is 7.89. The molecule has 0 atom stereocenters. The molecule has 0 unspecified atom stereocenters. The Morgan fingerprint density at radius 2 is 1.67 bits per heavy atom. The average molecular weight is 343 g/mol. The standard InChI is InChI=1S/C15H13N5O3S/c16-15(21)13-9-14(10-5-7-18-8-6-10)20(19-13)11-1-3-12(4-2-11)24(17,22)23/h1-9H,(H2,16,21)(H2,17,22,23). The maximum atomic E-state index is 11.5. The number of aromatic nitrogens is 3. The fourth-order valence-electron chi connectivity index (χ4n) is 2.20. The number of pyridine rings is 1. The maximum Gasteiger partial charge on any atom is 0.269 e. The zero-order chi connectivity index (χ0) is 17.3. The Balaban J connectivity index is 2.15. The lowest BCUT2D eigenvalue weighted by Crippen LogP contribution is -2.13. The van der Waals surface area contributed by atoms with Crippen molar-refractivity contribution in [3.8, 4) is 16.9 Å². The number of carbonyl (C=O) groups is 1. The number of hydrogen-bond acceptors (Lipinski definition) is 5. The van der Waals surface area contributed by atoms with Crippen LogP contribution in [0.2, 0.25) is 0 Å². The molecular formula is C15H13N5O3S. The lowest BCUT2D eigenvalue weighted by Gasteiger charge is -2.08. The van der Waals surface area contributed by atoms with E-state index in [1.165, 1.54) is 16.8 Å². The van der Waals surface area contributed by atoms with Crippen LogP contribution in [-0.4, -0.2) is 29.1 Å². The summed E-state index contributed by atoms with van der Waals surface area (Å²) in [7, 11) is -3.78. The van der Waals surface area contributed by atoms with E-state index < -0.39 is 15.9 Å². The molecule has 24 heavy (non-hydrogen) atoms. The molecular weight excluding hydrogens is 330 g/mol. The molecule has 9 heteroatoms. The van der Waals surface area contributed by atoms with Crippen molar-refractivity contribution in [1.82, 2.24) is 14.8 Å². The van der Waals surface area contributed by atoms with Gasteiger partial charge in [-0.3, -0.25) is 9.78 Å². The van der Waals surface area contributed by atoms with Crippen LogP contribution in [0.3, 0.4) is 0 Å². The highest BCUT2D eigenvalue weighted by Gasteiger charge is 2.15. The largest absolute Gasteiger partial charge is 0.364 e. The van der Waals surface area contributed by atoms with Crippen LogP contribution >= 0.6 is 0 Å². The molecule has 0 aliphatic heterocycles. The maximum absolute atomic E-state index is 11.5. The molecule has 3 aromatic rings. The summed E-state index contributed by atoms with van der Waals surface area (Å²) >= 11 is 0.